The van der Waals surface area contributed by atoms with E-state index in [4.69, 9.17) is 0 Å². The number of para-hydroxylation sites is 1. The van der Waals surface area contributed by atoms with Crippen LogP contribution in [0.15, 0.2) is 64.5 Å². The van der Waals surface area contributed by atoms with E-state index in [0.717, 1.165) is 16.4 Å². The fourth-order valence-electron chi connectivity index (χ4n) is 3.08. The predicted molar refractivity (Wildman–Crippen MR) is 106 cm³/mol. The van der Waals surface area contributed by atoms with Crippen molar-refractivity contribution in [2.45, 2.75) is 31.3 Å². The van der Waals surface area contributed by atoms with E-state index < -0.39 is 0 Å². The first-order valence-electron chi connectivity index (χ1n) is 8.68. The van der Waals surface area contributed by atoms with Gasteiger partial charge in [0.1, 0.15) is 0 Å². The quantitative estimate of drug-likeness (QED) is 0.503. The van der Waals surface area contributed by atoms with Crippen LogP contribution in [-0.2, 0) is 12.3 Å². The lowest BCUT2D eigenvalue weighted by molar-refractivity contribution is 0.517. The number of benzene rings is 2. The minimum absolute atomic E-state index is 0.00573. The summed E-state index contributed by atoms with van der Waals surface area (Å²) in [6.45, 7) is 4.81. The summed E-state index contributed by atoms with van der Waals surface area (Å²) in [4.78, 5) is 12.9. The number of hydrogen-bond donors (Lipinski definition) is 0. The summed E-state index contributed by atoms with van der Waals surface area (Å²) in [6, 6.07) is 18.0. The molecule has 0 radical (unpaired) electrons. The Balaban J connectivity index is 1.87. The molecule has 0 atom stereocenters. The average Bonchev–Trinajstić information content (AvgIpc) is 3.08. The molecule has 5 nitrogen and oxygen atoms in total. The molecule has 4 aromatic rings. The zero-order valence-electron chi connectivity index (χ0n) is 14.8. The number of thioether (sulfide) groups is 1. The molecule has 0 fully saturated rings. The van der Waals surface area contributed by atoms with Crippen molar-refractivity contribution < 1.29 is 0 Å². The van der Waals surface area contributed by atoms with E-state index >= 15 is 0 Å². The number of fused-ring (bicyclic) bond motifs is 3. The second-order valence-corrected chi connectivity index (χ2v) is 7.66. The third-order valence-electron chi connectivity index (χ3n) is 4.24. The van der Waals surface area contributed by atoms with Gasteiger partial charge in [0, 0.05) is 12.3 Å². The van der Waals surface area contributed by atoms with Crippen molar-refractivity contribution in [2.75, 3.05) is 0 Å². The van der Waals surface area contributed by atoms with E-state index in [9.17, 15) is 4.79 Å². The first-order chi connectivity index (χ1) is 12.6. The van der Waals surface area contributed by atoms with Gasteiger partial charge in [-0.05, 0) is 23.6 Å². The Kier molecular flexibility index (Phi) is 4.51. The van der Waals surface area contributed by atoms with E-state index in [0.29, 0.717) is 23.6 Å². The molecule has 0 saturated carbocycles. The zero-order chi connectivity index (χ0) is 18.1. The number of nitrogens with zero attached hydrogens (tertiary/aromatic N) is 4. The monoisotopic (exact) mass is 364 g/mol. The zero-order valence-corrected chi connectivity index (χ0v) is 15.6. The van der Waals surface area contributed by atoms with Gasteiger partial charge in [-0.15, -0.1) is 10.2 Å². The lowest BCUT2D eigenvalue weighted by Gasteiger charge is -2.12. The smallest absolute Gasteiger partial charge is 0.262 e. The Bertz CT molecular complexity index is 1120. The van der Waals surface area contributed by atoms with Gasteiger partial charge in [0.15, 0.2) is 5.16 Å². The van der Waals surface area contributed by atoms with Gasteiger partial charge in [0.05, 0.1) is 10.9 Å². The van der Waals surface area contributed by atoms with Gasteiger partial charge in [-0.3, -0.25) is 13.8 Å². The molecule has 132 valence electrons. The summed E-state index contributed by atoms with van der Waals surface area (Å²) in [6.07, 6.45) is 0. The summed E-state index contributed by atoms with van der Waals surface area (Å²) in [5, 5.41) is 10.2. The van der Waals surface area contributed by atoms with E-state index in [1.54, 1.807) is 16.3 Å². The van der Waals surface area contributed by atoms with Crippen LogP contribution in [0.3, 0.4) is 0 Å². The highest BCUT2D eigenvalue weighted by Crippen LogP contribution is 2.24. The second kappa shape index (κ2) is 6.96. The van der Waals surface area contributed by atoms with Gasteiger partial charge < -0.3 is 0 Å². The normalized spacial score (nSPS) is 11.7. The second-order valence-electron chi connectivity index (χ2n) is 6.72. The van der Waals surface area contributed by atoms with Crippen LogP contribution in [0.25, 0.3) is 16.7 Å². The minimum Gasteiger partial charge on any atom is -0.276 e. The molecular weight excluding hydrogens is 344 g/mol. The van der Waals surface area contributed by atoms with E-state index in [2.05, 4.69) is 36.2 Å². The Hall–Kier alpha value is -2.60. The number of rotatable bonds is 5. The summed E-state index contributed by atoms with van der Waals surface area (Å²) >= 11 is 1.63. The van der Waals surface area contributed by atoms with Crippen LogP contribution in [0.2, 0.25) is 0 Å². The van der Waals surface area contributed by atoms with Crippen LogP contribution >= 0.6 is 11.8 Å². The maximum absolute atomic E-state index is 12.9. The van der Waals surface area contributed by atoms with Gasteiger partial charge in [-0.1, -0.05) is 68.1 Å². The van der Waals surface area contributed by atoms with E-state index in [1.165, 1.54) is 5.56 Å². The molecule has 0 spiro atoms. The highest BCUT2D eigenvalue weighted by Gasteiger charge is 2.17. The molecule has 6 heteroatoms. The third kappa shape index (κ3) is 3.01. The predicted octanol–water partition coefficient (Wildman–Crippen LogP) is 3.99. The highest BCUT2D eigenvalue weighted by molar-refractivity contribution is 7.98. The van der Waals surface area contributed by atoms with Crippen molar-refractivity contribution >= 4 is 28.4 Å². The lowest BCUT2D eigenvalue weighted by atomic mass is 10.2. The van der Waals surface area contributed by atoms with Crippen molar-refractivity contribution in [3.63, 3.8) is 0 Å². The SMILES string of the molecule is CC(C)Cn1c(=O)c2ccccc2n2c(SCc3ccccc3)nnc12. The van der Waals surface area contributed by atoms with Crippen LogP contribution in [-0.4, -0.2) is 19.2 Å². The topological polar surface area (TPSA) is 52.2 Å². The third-order valence-corrected chi connectivity index (χ3v) is 5.24. The molecule has 4 rings (SSSR count). The molecule has 2 aromatic heterocycles. The van der Waals surface area contributed by atoms with E-state index in [1.807, 2.05) is 46.9 Å². The fraction of sp³-hybridized carbons (Fsp3) is 0.250. The molecule has 0 N–H and O–H groups in total. The molecule has 2 aromatic carbocycles. The Morgan fingerprint density at radius 3 is 2.50 bits per heavy atom. The molecule has 0 aliphatic carbocycles. The van der Waals surface area contributed by atoms with E-state index in [-0.39, 0.29) is 5.56 Å². The molecule has 0 amide bonds. The maximum atomic E-state index is 12.9. The Morgan fingerprint density at radius 1 is 1.00 bits per heavy atom. The summed E-state index contributed by atoms with van der Waals surface area (Å²) in [5.74, 6) is 1.76. The molecule has 0 bridgehead atoms. The summed E-state index contributed by atoms with van der Waals surface area (Å²) in [7, 11) is 0. The molecular formula is C20H20N4OS. The van der Waals surface area contributed by atoms with Gasteiger partial charge in [0.25, 0.3) is 5.56 Å². The molecule has 0 saturated heterocycles. The van der Waals surface area contributed by atoms with Crippen LogP contribution in [0.4, 0.5) is 0 Å². The first kappa shape index (κ1) is 16.8. The number of hydrogen-bond acceptors (Lipinski definition) is 4. The largest absolute Gasteiger partial charge is 0.276 e. The molecule has 2 heterocycles. The maximum Gasteiger partial charge on any atom is 0.262 e. The van der Waals surface area contributed by atoms with Crippen molar-refractivity contribution in [1.29, 1.82) is 0 Å². The van der Waals surface area contributed by atoms with Gasteiger partial charge >= 0.3 is 0 Å². The molecule has 0 unspecified atom stereocenters. The Labute approximate surface area is 155 Å². The lowest BCUT2D eigenvalue weighted by Crippen LogP contribution is -2.25. The van der Waals surface area contributed by atoms with Crippen LogP contribution in [0.1, 0.15) is 19.4 Å². The van der Waals surface area contributed by atoms with Crippen LogP contribution < -0.4 is 5.56 Å². The molecule has 26 heavy (non-hydrogen) atoms. The first-order valence-corrected chi connectivity index (χ1v) is 9.67. The van der Waals surface area contributed by atoms with Crippen molar-refractivity contribution in [3.05, 3.63) is 70.5 Å². The molecule has 0 aliphatic rings. The number of aromatic nitrogens is 4. The van der Waals surface area contributed by atoms with Crippen LogP contribution in [0, 0.1) is 5.92 Å². The van der Waals surface area contributed by atoms with Crippen molar-refractivity contribution in [2.24, 2.45) is 5.92 Å². The standard InChI is InChI=1S/C20H20N4OS/c1-14(2)12-23-18(25)16-10-6-7-11-17(16)24-19(23)21-22-20(24)26-13-15-8-4-3-5-9-15/h3-11,14H,12-13H2,1-2H3. The van der Waals surface area contributed by atoms with Gasteiger partial charge in [-0.2, -0.15) is 0 Å². The fourth-order valence-corrected chi connectivity index (χ4v) is 3.97. The summed E-state index contributed by atoms with van der Waals surface area (Å²) < 4.78 is 3.75. The summed E-state index contributed by atoms with van der Waals surface area (Å²) in [5.41, 5.74) is 2.08. The Morgan fingerprint density at radius 2 is 1.73 bits per heavy atom. The molecule has 0 aliphatic heterocycles. The minimum atomic E-state index is -0.00573. The van der Waals surface area contributed by atoms with Crippen LogP contribution in [0.5, 0.6) is 0 Å². The van der Waals surface area contributed by atoms with Gasteiger partial charge in [0.2, 0.25) is 5.78 Å². The van der Waals surface area contributed by atoms with Crippen molar-refractivity contribution in [1.82, 2.24) is 19.2 Å². The average molecular weight is 364 g/mol. The van der Waals surface area contributed by atoms with Crippen molar-refractivity contribution in [3.8, 4) is 0 Å². The highest BCUT2D eigenvalue weighted by atomic mass is 32.2. The van der Waals surface area contributed by atoms with Gasteiger partial charge in [-0.25, -0.2) is 0 Å².